The summed E-state index contributed by atoms with van der Waals surface area (Å²) in [5.74, 6) is 1.02. The number of anilines is 1. The lowest BCUT2D eigenvalue weighted by atomic mass is 10.1. The molecular formula is C14H13N5O3. The maximum absolute atomic E-state index is 12.0. The van der Waals surface area contributed by atoms with Crippen molar-refractivity contribution in [3.05, 3.63) is 40.5 Å². The third kappa shape index (κ3) is 2.36. The number of benzene rings is 1. The summed E-state index contributed by atoms with van der Waals surface area (Å²) in [4.78, 5) is 16.2. The van der Waals surface area contributed by atoms with Crippen LogP contribution in [0.1, 0.15) is 12.7 Å². The lowest BCUT2D eigenvalue weighted by Gasteiger charge is -2.30. The molecular weight excluding hydrogens is 286 g/mol. The zero-order valence-corrected chi connectivity index (χ0v) is 12.1. The van der Waals surface area contributed by atoms with Gasteiger partial charge in [0.1, 0.15) is 17.2 Å². The Hall–Kier alpha value is -2.99. The van der Waals surface area contributed by atoms with Gasteiger partial charge in [-0.15, -0.1) is 0 Å². The summed E-state index contributed by atoms with van der Waals surface area (Å²) < 4.78 is 10.7. The van der Waals surface area contributed by atoms with Crippen LogP contribution in [0, 0.1) is 0 Å². The van der Waals surface area contributed by atoms with E-state index in [-0.39, 0.29) is 12.5 Å². The SMILES string of the molecule is CC1Oc2ccc(-c3cc(CN=[N+]=[N-])on3)cc2N(C)C1=O. The summed E-state index contributed by atoms with van der Waals surface area (Å²) in [7, 11) is 1.71. The van der Waals surface area contributed by atoms with E-state index in [2.05, 4.69) is 15.2 Å². The molecule has 1 aliphatic rings. The quantitative estimate of drug-likeness (QED) is 0.493. The molecule has 1 amide bonds. The first-order chi connectivity index (χ1) is 10.6. The van der Waals surface area contributed by atoms with Crippen LogP contribution in [0.25, 0.3) is 21.7 Å². The Morgan fingerprint density at radius 1 is 1.45 bits per heavy atom. The van der Waals surface area contributed by atoms with Crippen molar-refractivity contribution in [2.75, 3.05) is 11.9 Å². The molecule has 22 heavy (non-hydrogen) atoms. The average Bonchev–Trinajstić information content (AvgIpc) is 2.99. The van der Waals surface area contributed by atoms with E-state index in [9.17, 15) is 4.79 Å². The van der Waals surface area contributed by atoms with Crippen molar-refractivity contribution in [3.8, 4) is 17.0 Å². The predicted molar refractivity (Wildman–Crippen MR) is 78.3 cm³/mol. The van der Waals surface area contributed by atoms with Crippen LogP contribution in [-0.4, -0.2) is 24.2 Å². The van der Waals surface area contributed by atoms with Crippen molar-refractivity contribution in [3.63, 3.8) is 0 Å². The standard InChI is InChI=1S/C14H13N5O3/c1-8-14(20)19(2)12-5-9(3-4-13(12)21-8)11-6-10(22-17-11)7-16-18-15/h3-6,8H,7H2,1-2H3. The number of rotatable bonds is 3. The molecule has 2 aromatic rings. The number of hydrogen-bond donors (Lipinski definition) is 0. The van der Waals surface area contributed by atoms with Gasteiger partial charge in [-0.1, -0.05) is 10.3 Å². The zero-order chi connectivity index (χ0) is 15.7. The summed E-state index contributed by atoms with van der Waals surface area (Å²) in [6.07, 6.45) is -0.495. The highest BCUT2D eigenvalue weighted by Crippen LogP contribution is 2.36. The van der Waals surface area contributed by atoms with Gasteiger partial charge in [-0.25, -0.2) is 0 Å². The van der Waals surface area contributed by atoms with Crippen molar-refractivity contribution in [1.82, 2.24) is 5.16 Å². The highest BCUT2D eigenvalue weighted by Gasteiger charge is 2.29. The number of carbonyl (C=O) groups is 1. The average molecular weight is 299 g/mol. The monoisotopic (exact) mass is 299 g/mol. The number of hydrogen-bond acceptors (Lipinski definition) is 5. The van der Waals surface area contributed by atoms with Gasteiger partial charge in [-0.3, -0.25) is 4.79 Å². The summed E-state index contributed by atoms with van der Waals surface area (Å²) in [6, 6.07) is 7.15. The van der Waals surface area contributed by atoms with Crippen LogP contribution in [0.2, 0.25) is 0 Å². The third-order valence-electron chi connectivity index (χ3n) is 3.45. The Labute approximate surface area is 125 Å². The molecule has 0 radical (unpaired) electrons. The Balaban J connectivity index is 1.95. The van der Waals surface area contributed by atoms with Crippen LogP contribution in [0.5, 0.6) is 5.75 Å². The normalized spacial score (nSPS) is 16.7. The first-order valence-corrected chi connectivity index (χ1v) is 6.65. The lowest BCUT2D eigenvalue weighted by Crippen LogP contribution is -2.41. The Kier molecular flexibility index (Phi) is 3.44. The molecule has 8 heteroatoms. The van der Waals surface area contributed by atoms with E-state index in [1.54, 1.807) is 31.0 Å². The second kappa shape index (κ2) is 5.42. The molecule has 1 aromatic carbocycles. The number of carbonyl (C=O) groups excluding carboxylic acids is 1. The summed E-state index contributed by atoms with van der Waals surface area (Å²) >= 11 is 0. The zero-order valence-electron chi connectivity index (χ0n) is 12.1. The molecule has 0 saturated carbocycles. The maximum Gasteiger partial charge on any atom is 0.267 e. The predicted octanol–water partition coefficient (Wildman–Crippen LogP) is 2.90. The minimum Gasteiger partial charge on any atom is -0.479 e. The van der Waals surface area contributed by atoms with Crippen LogP contribution in [0.4, 0.5) is 5.69 Å². The largest absolute Gasteiger partial charge is 0.479 e. The number of nitrogens with zero attached hydrogens (tertiary/aromatic N) is 5. The number of likely N-dealkylation sites (N-methyl/N-ethyl adjacent to an activating group) is 1. The van der Waals surface area contributed by atoms with Gasteiger partial charge in [-0.2, -0.15) is 0 Å². The second-order valence-corrected chi connectivity index (χ2v) is 4.91. The molecule has 0 spiro atoms. The minimum absolute atomic E-state index is 0.103. The number of amides is 1. The van der Waals surface area contributed by atoms with Crippen molar-refractivity contribution < 1.29 is 14.1 Å². The first kappa shape index (κ1) is 14.0. The molecule has 1 aliphatic heterocycles. The molecule has 112 valence electrons. The summed E-state index contributed by atoms with van der Waals surface area (Å²) in [5, 5.41) is 7.37. The van der Waals surface area contributed by atoms with Crippen LogP contribution < -0.4 is 9.64 Å². The van der Waals surface area contributed by atoms with Crippen molar-refractivity contribution in [2.24, 2.45) is 5.11 Å². The van der Waals surface area contributed by atoms with Crippen LogP contribution in [0.15, 0.2) is 33.9 Å². The fourth-order valence-electron chi connectivity index (χ4n) is 2.30. The van der Waals surface area contributed by atoms with Gasteiger partial charge in [0.2, 0.25) is 0 Å². The van der Waals surface area contributed by atoms with Gasteiger partial charge in [0, 0.05) is 23.6 Å². The number of aromatic nitrogens is 1. The highest BCUT2D eigenvalue weighted by atomic mass is 16.5. The number of azide groups is 1. The fraction of sp³-hybridized carbons (Fsp3) is 0.286. The molecule has 8 nitrogen and oxygen atoms in total. The van der Waals surface area contributed by atoms with Gasteiger partial charge in [0.15, 0.2) is 6.10 Å². The Bertz CT molecular complexity index is 779. The maximum atomic E-state index is 12.0. The van der Waals surface area contributed by atoms with E-state index in [0.29, 0.717) is 22.9 Å². The van der Waals surface area contributed by atoms with E-state index in [0.717, 1.165) is 5.56 Å². The van der Waals surface area contributed by atoms with E-state index in [1.807, 2.05) is 12.1 Å². The topological polar surface area (TPSA) is 104 Å². The third-order valence-corrected chi connectivity index (χ3v) is 3.45. The minimum atomic E-state index is -0.495. The lowest BCUT2D eigenvalue weighted by molar-refractivity contribution is -0.125. The van der Waals surface area contributed by atoms with Gasteiger partial charge in [-0.05, 0) is 30.7 Å². The van der Waals surface area contributed by atoms with Gasteiger partial charge < -0.3 is 14.2 Å². The van der Waals surface area contributed by atoms with Crippen LogP contribution in [0.3, 0.4) is 0 Å². The molecule has 1 aromatic heterocycles. The molecule has 0 N–H and O–H groups in total. The molecule has 0 bridgehead atoms. The van der Waals surface area contributed by atoms with Crippen molar-refractivity contribution >= 4 is 11.6 Å². The molecule has 0 aliphatic carbocycles. The van der Waals surface area contributed by atoms with Crippen LogP contribution >= 0.6 is 0 Å². The second-order valence-electron chi connectivity index (χ2n) is 4.91. The number of ether oxygens (including phenoxy) is 1. The summed E-state index contributed by atoms with van der Waals surface area (Å²) in [6.45, 7) is 1.82. The van der Waals surface area contributed by atoms with Gasteiger partial charge in [0.25, 0.3) is 5.91 Å². The molecule has 1 unspecified atom stereocenters. The summed E-state index contributed by atoms with van der Waals surface area (Å²) in [5.41, 5.74) is 10.4. The van der Waals surface area contributed by atoms with Crippen molar-refractivity contribution in [1.29, 1.82) is 0 Å². The van der Waals surface area contributed by atoms with Crippen LogP contribution in [-0.2, 0) is 11.3 Å². The number of fused-ring (bicyclic) bond motifs is 1. The smallest absolute Gasteiger partial charge is 0.267 e. The molecule has 0 saturated heterocycles. The van der Waals surface area contributed by atoms with E-state index < -0.39 is 6.10 Å². The molecule has 2 heterocycles. The Morgan fingerprint density at radius 3 is 3.05 bits per heavy atom. The van der Waals surface area contributed by atoms with Gasteiger partial charge in [0.05, 0.1) is 12.2 Å². The highest BCUT2D eigenvalue weighted by molar-refractivity contribution is 5.99. The van der Waals surface area contributed by atoms with Gasteiger partial charge >= 0.3 is 0 Å². The molecule has 0 fully saturated rings. The molecule has 3 rings (SSSR count). The molecule has 1 atom stereocenters. The fourth-order valence-corrected chi connectivity index (χ4v) is 2.30. The van der Waals surface area contributed by atoms with E-state index in [4.69, 9.17) is 14.8 Å². The van der Waals surface area contributed by atoms with E-state index in [1.165, 1.54) is 0 Å². The first-order valence-electron chi connectivity index (χ1n) is 6.65. The van der Waals surface area contributed by atoms with Crippen molar-refractivity contribution in [2.45, 2.75) is 19.6 Å². The Morgan fingerprint density at radius 2 is 2.27 bits per heavy atom. The van der Waals surface area contributed by atoms with E-state index >= 15 is 0 Å².